The van der Waals surface area contributed by atoms with Gasteiger partial charge in [-0.1, -0.05) is 0 Å². The topological polar surface area (TPSA) is 89.8 Å². The first-order valence-corrected chi connectivity index (χ1v) is 3.36. The van der Waals surface area contributed by atoms with Crippen LogP contribution >= 0.6 is 0 Å². The van der Waals surface area contributed by atoms with Crippen LogP contribution in [0, 0.1) is 0 Å². The van der Waals surface area contributed by atoms with Crippen molar-refractivity contribution in [2.45, 2.75) is 18.6 Å². The third-order valence-corrected chi connectivity index (χ3v) is 1.30. The van der Waals surface area contributed by atoms with Crippen molar-refractivity contribution in [2.75, 3.05) is 13.2 Å². The van der Waals surface area contributed by atoms with Crippen LogP contribution in [0.1, 0.15) is 6.42 Å². The predicted octanol–water partition coefficient (Wildman–Crippen LogP) is -2.16. The van der Waals surface area contributed by atoms with Crippen LogP contribution in [-0.4, -0.2) is 47.1 Å². The van der Waals surface area contributed by atoms with Gasteiger partial charge in [0.15, 0.2) is 0 Å². The largest absolute Gasteiger partial charge is 0.394 e. The quantitative estimate of drug-likeness (QED) is 0.265. The Labute approximate surface area is 64.7 Å². The van der Waals surface area contributed by atoms with Gasteiger partial charge in [-0.3, -0.25) is 4.79 Å². The molecule has 0 fully saturated rings. The molecule has 1 amide bonds. The normalized spacial score (nSPS) is 15.5. The van der Waals surface area contributed by atoms with Gasteiger partial charge in [0.1, 0.15) is 6.10 Å². The minimum atomic E-state index is -1.12. The molecule has 4 N–H and O–H groups in total. The van der Waals surface area contributed by atoms with Crippen molar-refractivity contribution in [3.8, 4) is 0 Å². The van der Waals surface area contributed by atoms with Crippen LogP contribution in [0.15, 0.2) is 0 Å². The Balaban J connectivity index is 3.34. The van der Waals surface area contributed by atoms with Gasteiger partial charge in [-0.15, -0.1) is 0 Å². The van der Waals surface area contributed by atoms with E-state index in [-0.39, 0.29) is 6.42 Å². The minimum absolute atomic E-state index is 0.237. The highest BCUT2D eigenvalue weighted by molar-refractivity contribution is 5.45. The summed E-state index contributed by atoms with van der Waals surface area (Å²) in [6.07, 6.45) is -1.35. The molecule has 0 aromatic heterocycles. The standard InChI is InChI=1S/C6H13NO4/c8-3-6(11)5(10)1-2-7-4-9/h4-6,8,10-11H,1-3H2,(H,7,9)/t5-,6?/m0/s1. The molecule has 0 spiro atoms. The summed E-state index contributed by atoms with van der Waals surface area (Å²) in [5, 5.41) is 28.5. The molecule has 5 nitrogen and oxygen atoms in total. The lowest BCUT2D eigenvalue weighted by atomic mass is 10.1. The van der Waals surface area contributed by atoms with Crippen LogP contribution in [0.2, 0.25) is 0 Å². The molecule has 11 heavy (non-hydrogen) atoms. The number of amides is 1. The van der Waals surface area contributed by atoms with Crippen LogP contribution in [0.25, 0.3) is 0 Å². The van der Waals surface area contributed by atoms with Crippen molar-refractivity contribution >= 4 is 6.41 Å². The van der Waals surface area contributed by atoms with Gasteiger partial charge in [0, 0.05) is 6.54 Å². The molecule has 0 radical (unpaired) electrons. The maximum Gasteiger partial charge on any atom is 0.207 e. The third-order valence-electron chi connectivity index (χ3n) is 1.30. The zero-order chi connectivity index (χ0) is 8.69. The van der Waals surface area contributed by atoms with Crippen molar-refractivity contribution in [3.05, 3.63) is 0 Å². The lowest BCUT2D eigenvalue weighted by molar-refractivity contribution is -0.109. The van der Waals surface area contributed by atoms with E-state index < -0.39 is 18.8 Å². The van der Waals surface area contributed by atoms with Crippen LogP contribution in [0.4, 0.5) is 0 Å². The molecule has 0 aliphatic heterocycles. The highest BCUT2D eigenvalue weighted by Gasteiger charge is 2.13. The van der Waals surface area contributed by atoms with Crippen LogP contribution in [-0.2, 0) is 4.79 Å². The van der Waals surface area contributed by atoms with Gasteiger partial charge in [0.25, 0.3) is 0 Å². The number of hydrogen-bond donors (Lipinski definition) is 4. The van der Waals surface area contributed by atoms with Gasteiger partial charge in [-0.2, -0.15) is 0 Å². The Kier molecular flexibility index (Phi) is 5.73. The fourth-order valence-electron chi connectivity index (χ4n) is 0.604. The Bertz CT molecular complexity index is 109. The number of rotatable bonds is 6. The molecular weight excluding hydrogens is 150 g/mol. The highest BCUT2D eigenvalue weighted by atomic mass is 16.4. The van der Waals surface area contributed by atoms with Crippen molar-refractivity contribution in [1.82, 2.24) is 5.32 Å². The molecule has 0 aliphatic carbocycles. The highest BCUT2D eigenvalue weighted by Crippen LogP contribution is 1.96. The summed E-state index contributed by atoms with van der Waals surface area (Å²) in [6.45, 7) is -0.177. The molecular formula is C6H13NO4. The maximum atomic E-state index is 9.72. The molecule has 0 aliphatic rings. The summed E-state index contributed by atoms with van der Waals surface area (Å²) in [6, 6.07) is 0. The molecule has 0 bridgehead atoms. The van der Waals surface area contributed by atoms with Gasteiger partial charge < -0.3 is 20.6 Å². The molecule has 0 saturated carbocycles. The first-order valence-electron chi connectivity index (χ1n) is 3.36. The molecule has 0 aromatic rings. The van der Waals surface area contributed by atoms with Crippen molar-refractivity contribution in [3.63, 3.8) is 0 Å². The Morgan fingerprint density at radius 1 is 1.36 bits per heavy atom. The molecule has 2 atom stereocenters. The summed E-state index contributed by atoms with van der Waals surface area (Å²) < 4.78 is 0. The summed E-state index contributed by atoms with van der Waals surface area (Å²) in [7, 11) is 0. The number of carbonyl (C=O) groups excluding carboxylic acids is 1. The van der Waals surface area contributed by atoms with E-state index in [1.54, 1.807) is 0 Å². The minimum Gasteiger partial charge on any atom is -0.394 e. The summed E-state index contributed by atoms with van der Waals surface area (Å²) in [5.41, 5.74) is 0. The summed E-state index contributed by atoms with van der Waals surface area (Å²) in [5.74, 6) is 0. The average molecular weight is 163 g/mol. The Morgan fingerprint density at radius 2 is 2.00 bits per heavy atom. The van der Waals surface area contributed by atoms with Gasteiger partial charge in [0.2, 0.25) is 6.41 Å². The maximum absolute atomic E-state index is 9.72. The fourth-order valence-corrected chi connectivity index (χ4v) is 0.604. The summed E-state index contributed by atoms with van der Waals surface area (Å²) in [4.78, 5) is 9.72. The van der Waals surface area contributed by atoms with Crippen molar-refractivity contribution < 1.29 is 20.1 Å². The van der Waals surface area contributed by atoms with Gasteiger partial charge in [-0.25, -0.2) is 0 Å². The van der Waals surface area contributed by atoms with Crippen LogP contribution in [0.3, 0.4) is 0 Å². The van der Waals surface area contributed by atoms with E-state index in [0.29, 0.717) is 13.0 Å². The van der Waals surface area contributed by atoms with Crippen LogP contribution in [0.5, 0.6) is 0 Å². The van der Waals surface area contributed by atoms with Gasteiger partial charge in [-0.05, 0) is 6.42 Å². The van der Waals surface area contributed by atoms with E-state index >= 15 is 0 Å². The lowest BCUT2D eigenvalue weighted by Crippen LogP contribution is -2.32. The van der Waals surface area contributed by atoms with E-state index in [9.17, 15) is 4.79 Å². The molecule has 1 unspecified atom stereocenters. The van der Waals surface area contributed by atoms with Gasteiger partial charge >= 0.3 is 0 Å². The Morgan fingerprint density at radius 3 is 2.45 bits per heavy atom. The van der Waals surface area contributed by atoms with E-state index in [4.69, 9.17) is 15.3 Å². The third kappa shape index (κ3) is 4.72. The second kappa shape index (κ2) is 6.09. The van der Waals surface area contributed by atoms with Gasteiger partial charge in [0.05, 0.1) is 12.7 Å². The number of nitrogens with one attached hydrogen (secondary N) is 1. The van der Waals surface area contributed by atoms with E-state index in [1.807, 2.05) is 0 Å². The second-order valence-corrected chi connectivity index (χ2v) is 2.18. The first kappa shape index (κ1) is 10.3. The van der Waals surface area contributed by atoms with E-state index in [1.165, 1.54) is 0 Å². The zero-order valence-corrected chi connectivity index (χ0v) is 6.10. The van der Waals surface area contributed by atoms with Crippen molar-refractivity contribution in [2.24, 2.45) is 0 Å². The van der Waals surface area contributed by atoms with Crippen molar-refractivity contribution in [1.29, 1.82) is 0 Å². The monoisotopic (exact) mass is 163 g/mol. The number of aliphatic hydroxyl groups excluding tert-OH is 3. The first-order chi connectivity index (χ1) is 5.22. The zero-order valence-electron chi connectivity index (χ0n) is 6.10. The molecule has 0 saturated heterocycles. The molecule has 5 heteroatoms. The number of aliphatic hydroxyl groups is 3. The predicted molar refractivity (Wildman–Crippen MR) is 37.8 cm³/mol. The lowest BCUT2D eigenvalue weighted by Gasteiger charge is -2.14. The van der Waals surface area contributed by atoms with E-state index in [0.717, 1.165) is 0 Å². The summed E-state index contributed by atoms with van der Waals surface area (Å²) >= 11 is 0. The van der Waals surface area contributed by atoms with Crippen LogP contribution < -0.4 is 5.32 Å². The SMILES string of the molecule is O=CNCC[C@H](O)C(O)CO. The Hall–Kier alpha value is -0.650. The number of carbonyl (C=O) groups is 1. The molecule has 0 heterocycles. The molecule has 0 aromatic carbocycles. The fraction of sp³-hybridized carbons (Fsp3) is 0.833. The second-order valence-electron chi connectivity index (χ2n) is 2.18. The molecule has 66 valence electrons. The average Bonchev–Trinajstić information content (AvgIpc) is 2.03. The number of hydrogen-bond acceptors (Lipinski definition) is 4. The smallest absolute Gasteiger partial charge is 0.207 e. The molecule has 0 rings (SSSR count). The van der Waals surface area contributed by atoms with E-state index in [2.05, 4.69) is 5.32 Å².